The van der Waals surface area contributed by atoms with Crippen molar-refractivity contribution in [1.82, 2.24) is 10.2 Å². The second-order valence-electron chi connectivity index (χ2n) is 6.05. The number of benzene rings is 1. The van der Waals surface area contributed by atoms with E-state index >= 15 is 0 Å². The molecular formula is C17H24N2O4. The standard InChI is InChI=1S/C17H24N2O4/c1-3-23-15-5-4-12(6-16(15)21-2)7-19-8-13-10-22-11-14(9-19)18-17(13)20/h4-6,13-14H,3,7-11H2,1-2H3,(H,18,20)/t13-,14+/m1/s1. The molecule has 0 unspecified atom stereocenters. The molecule has 2 atom stereocenters. The van der Waals surface area contributed by atoms with Crippen LogP contribution in [0.15, 0.2) is 18.2 Å². The quantitative estimate of drug-likeness (QED) is 0.878. The van der Waals surface area contributed by atoms with Crippen LogP contribution in [0.1, 0.15) is 12.5 Å². The molecule has 1 aromatic carbocycles. The Morgan fingerprint density at radius 3 is 2.96 bits per heavy atom. The highest BCUT2D eigenvalue weighted by Gasteiger charge is 2.33. The monoisotopic (exact) mass is 320 g/mol. The highest BCUT2D eigenvalue weighted by Crippen LogP contribution is 2.29. The number of rotatable bonds is 5. The average molecular weight is 320 g/mol. The lowest BCUT2D eigenvalue weighted by molar-refractivity contribution is -0.125. The molecule has 0 saturated carbocycles. The molecular weight excluding hydrogens is 296 g/mol. The molecule has 2 fully saturated rings. The molecule has 23 heavy (non-hydrogen) atoms. The maximum absolute atomic E-state index is 12.1. The number of amides is 1. The van der Waals surface area contributed by atoms with Gasteiger partial charge in [-0.3, -0.25) is 9.69 Å². The second-order valence-corrected chi connectivity index (χ2v) is 6.05. The van der Waals surface area contributed by atoms with E-state index in [1.54, 1.807) is 7.11 Å². The first-order valence-electron chi connectivity index (χ1n) is 8.09. The first kappa shape index (κ1) is 16.1. The van der Waals surface area contributed by atoms with Gasteiger partial charge in [0, 0.05) is 19.6 Å². The predicted molar refractivity (Wildman–Crippen MR) is 85.7 cm³/mol. The first-order valence-corrected chi connectivity index (χ1v) is 8.09. The van der Waals surface area contributed by atoms with Gasteiger partial charge in [-0.2, -0.15) is 0 Å². The Hall–Kier alpha value is -1.79. The molecule has 6 heteroatoms. The largest absolute Gasteiger partial charge is 0.493 e. The molecule has 0 aromatic heterocycles. The molecule has 2 heterocycles. The summed E-state index contributed by atoms with van der Waals surface area (Å²) in [5.41, 5.74) is 1.15. The summed E-state index contributed by atoms with van der Waals surface area (Å²) in [7, 11) is 1.65. The Morgan fingerprint density at radius 1 is 1.30 bits per heavy atom. The van der Waals surface area contributed by atoms with Crippen LogP contribution < -0.4 is 14.8 Å². The lowest BCUT2D eigenvalue weighted by Crippen LogP contribution is -2.41. The van der Waals surface area contributed by atoms with Crippen LogP contribution in [0.5, 0.6) is 11.5 Å². The molecule has 0 spiro atoms. The van der Waals surface area contributed by atoms with Crippen LogP contribution in [-0.2, 0) is 16.1 Å². The Kier molecular flexibility index (Phi) is 5.03. The summed E-state index contributed by atoms with van der Waals surface area (Å²) >= 11 is 0. The normalized spacial score (nSPS) is 24.7. The maximum Gasteiger partial charge on any atom is 0.227 e. The van der Waals surface area contributed by atoms with Crippen molar-refractivity contribution in [2.45, 2.75) is 19.5 Å². The van der Waals surface area contributed by atoms with Crippen molar-refractivity contribution in [1.29, 1.82) is 0 Å². The van der Waals surface area contributed by atoms with Crippen LogP contribution in [0.2, 0.25) is 0 Å². The van der Waals surface area contributed by atoms with Crippen LogP contribution in [0.25, 0.3) is 0 Å². The molecule has 126 valence electrons. The van der Waals surface area contributed by atoms with Gasteiger partial charge in [0.05, 0.1) is 38.9 Å². The topological polar surface area (TPSA) is 60.0 Å². The van der Waals surface area contributed by atoms with Crippen LogP contribution in [0.4, 0.5) is 0 Å². The molecule has 2 aliphatic rings. The van der Waals surface area contributed by atoms with Crippen molar-refractivity contribution in [2.24, 2.45) is 5.92 Å². The van der Waals surface area contributed by atoms with Crippen molar-refractivity contribution in [3.05, 3.63) is 23.8 Å². The lowest BCUT2D eigenvalue weighted by Gasteiger charge is -2.27. The van der Waals surface area contributed by atoms with Crippen molar-refractivity contribution in [3.8, 4) is 11.5 Å². The van der Waals surface area contributed by atoms with Gasteiger partial charge in [0.15, 0.2) is 11.5 Å². The molecule has 1 N–H and O–H groups in total. The number of hydrogen-bond acceptors (Lipinski definition) is 5. The summed E-state index contributed by atoms with van der Waals surface area (Å²) in [5.74, 6) is 1.53. The zero-order valence-electron chi connectivity index (χ0n) is 13.7. The fraction of sp³-hybridized carbons (Fsp3) is 0.588. The third-order valence-corrected chi connectivity index (χ3v) is 4.25. The van der Waals surface area contributed by atoms with E-state index in [4.69, 9.17) is 14.2 Å². The van der Waals surface area contributed by atoms with Crippen molar-refractivity contribution in [2.75, 3.05) is 40.0 Å². The Bertz CT molecular complexity index is 564. The number of methoxy groups -OCH3 is 1. The number of carbonyl (C=O) groups excluding carboxylic acids is 1. The first-order chi connectivity index (χ1) is 11.2. The van der Waals surface area contributed by atoms with E-state index < -0.39 is 0 Å². The van der Waals surface area contributed by atoms with Gasteiger partial charge in [0.25, 0.3) is 0 Å². The van der Waals surface area contributed by atoms with Crippen LogP contribution in [-0.4, -0.2) is 56.9 Å². The number of carbonyl (C=O) groups is 1. The highest BCUT2D eigenvalue weighted by atomic mass is 16.5. The van der Waals surface area contributed by atoms with Gasteiger partial charge < -0.3 is 19.5 Å². The number of hydrogen-bond donors (Lipinski definition) is 1. The molecule has 6 nitrogen and oxygen atoms in total. The average Bonchev–Trinajstić information content (AvgIpc) is 2.77. The fourth-order valence-electron chi connectivity index (χ4n) is 3.19. The number of ether oxygens (including phenoxy) is 3. The SMILES string of the molecule is CCOc1ccc(CN2C[C@H]3COC[C@@H](C2)C(=O)N3)cc1OC. The number of nitrogens with one attached hydrogen (secondary N) is 1. The molecule has 0 aliphatic carbocycles. The van der Waals surface area contributed by atoms with Crippen molar-refractivity contribution < 1.29 is 19.0 Å². The van der Waals surface area contributed by atoms with Gasteiger partial charge in [-0.1, -0.05) is 6.07 Å². The van der Waals surface area contributed by atoms with Gasteiger partial charge in [-0.15, -0.1) is 0 Å². The number of fused-ring (bicyclic) bond motifs is 3. The summed E-state index contributed by atoms with van der Waals surface area (Å²) in [5, 5.41) is 3.05. The van der Waals surface area contributed by atoms with E-state index in [0.29, 0.717) is 19.8 Å². The highest BCUT2D eigenvalue weighted by molar-refractivity contribution is 5.79. The Balaban J connectivity index is 1.72. The van der Waals surface area contributed by atoms with Gasteiger partial charge in [-0.25, -0.2) is 0 Å². The Morgan fingerprint density at radius 2 is 2.17 bits per heavy atom. The van der Waals surface area contributed by atoms with E-state index in [-0.39, 0.29) is 17.9 Å². The van der Waals surface area contributed by atoms with E-state index in [1.165, 1.54) is 0 Å². The summed E-state index contributed by atoms with van der Waals surface area (Å²) in [6, 6.07) is 6.08. The minimum absolute atomic E-state index is 0.0691. The zero-order chi connectivity index (χ0) is 16.2. The van der Waals surface area contributed by atoms with Crippen LogP contribution >= 0.6 is 0 Å². The van der Waals surface area contributed by atoms with E-state index in [9.17, 15) is 4.79 Å². The summed E-state index contributed by atoms with van der Waals surface area (Å²) < 4.78 is 16.5. The third-order valence-electron chi connectivity index (χ3n) is 4.25. The molecule has 2 bridgehead atoms. The molecule has 3 rings (SSSR count). The van der Waals surface area contributed by atoms with Gasteiger partial charge in [0.2, 0.25) is 5.91 Å². The second kappa shape index (κ2) is 7.19. The molecule has 0 radical (unpaired) electrons. The van der Waals surface area contributed by atoms with Crippen molar-refractivity contribution in [3.63, 3.8) is 0 Å². The molecule has 1 aromatic rings. The van der Waals surface area contributed by atoms with Crippen LogP contribution in [0.3, 0.4) is 0 Å². The number of nitrogens with zero attached hydrogens (tertiary/aromatic N) is 1. The zero-order valence-corrected chi connectivity index (χ0v) is 13.7. The molecule has 2 aliphatic heterocycles. The fourth-order valence-corrected chi connectivity index (χ4v) is 3.19. The summed E-state index contributed by atoms with van der Waals surface area (Å²) in [4.78, 5) is 14.4. The molecule has 2 saturated heterocycles. The van der Waals surface area contributed by atoms with E-state index in [0.717, 1.165) is 36.7 Å². The van der Waals surface area contributed by atoms with Gasteiger partial charge in [0.1, 0.15) is 0 Å². The Labute approximate surface area is 136 Å². The van der Waals surface area contributed by atoms with Gasteiger partial charge >= 0.3 is 0 Å². The molecule has 1 amide bonds. The minimum atomic E-state index is -0.0907. The summed E-state index contributed by atoms with van der Waals surface area (Å²) in [6.07, 6.45) is 0. The lowest BCUT2D eigenvalue weighted by atomic mass is 10.1. The smallest absolute Gasteiger partial charge is 0.227 e. The maximum atomic E-state index is 12.1. The van der Waals surface area contributed by atoms with E-state index in [2.05, 4.69) is 16.3 Å². The van der Waals surface area contributed by atoms with E-state index in [1.807, 2.05) is 19.1 Å². The summed E-state index contributed by atoms with van der Waals surface area (Å²) in [6.45, 7) is 5.96. The van der Waals surface area contributed by atoms with Gasteiger partial charge in [-0.05, 0) is 24.6 Å². The van der Waals surface area contributed by atoms with Crippen molar-refractivity contribution >= 4 is 5.91 Å². The van der Waals surface area contributed by atoms with Crippen LogP contribution in [0, 0.1) is 5.92 Å². The predicted octanol–water partition coefficient (Wildman–Crippen LogP) is 1.04. The minimum Gasteiger partial charge on any atom is -0.493 e. The third kappa shape index (κ3) is 3.76.